The van der Waals surface area contributed by atoms with E-state index >= 15 is 0 Å². The number of aromatic nitrogens is 2. The minimum Gasteiger partial charge on any atom is -0.341 e. The van der Waals surface area contributed by atoms with E-state index < -0.39 is 17.8 Å². The number of carbonyl (C=O) groups excluding carboxylic acids is 2. The molecule has 1 aromatic carbocycles. The highest BCUT2D eigenvalue weighted by atomic mass is 35.5. The topological polar surface area (TPSA) is 70.5 Å². The van der Waals surface area contributed by atoms with Crippen molar-refractivity contribution in [2.24, 2.45) is 0 Å². The second-order valence-corrected chi connectivity index (χ2v) is 10.0. The van der Waals surface area contributed by atoms with Crippen LogP contribution in [0.25, 0.3) is 0 Å². The summed E-state index contributed by atoms with van der Waals surface area (Å²) in [4.78, 5) is 29.5. The molecular weight excluding hydrogens is 507 g/mol. The van der Waals surface area contributed by atoms with E-state index in [0.29, 0.717) is 44.6 Å². The van der Waals surface area contributed by atoms with E-state index in [1.165, 1.54) is 12.1 Å². The predicted octanol–water partition coefficient (Wildman–Crippen LogP) is 4.56. The third kappa shape index (κ3) is 5.50. The number of rotatable bonds is 6. The Morgan fingerprint density at radius 1 is 1.05 bits per heavy atom. The molecule has 0 radical (unpaired) electrons. The van der Waals surface area contributed by atoms with Gasteiger partial charge in [0.15, 0.2) is 0 Å². The van der Waals surface area contributed by atoms with Gasteiger partial charge in [0.1, 0.15) is 0 Å². The Bertz CT molecular complexity index is 1130. The summed E-state index contributed by atoms with van der Waals surface area (Å²) in [6.07, 6.45) is 1.78. The third-order valence-electron chi connectivity index (χ3n) is 7.66. The molecule has 1 aromatic heterocycles. The number of piperidine rings is 1. The number of nitrogens with zero attached hydrogens (tertiary/aromatic N) is 4. The molecule has 202 valence electrons. The van der Waals surface area contributed by atoms with Gasteiger partial charge < -0.3 is 15.1 Å². The molecule has 2 amide bonds. The number of likely N-dealkylation sites (tertiary alicyclic amines) is 2. The van der Waals surface area contributed by atoms with E-state index in [1.807, 2.05) is 9.58 Å². The molecule has 7 nitrogen and oxygen atoms in total. The summed E-state index contributed by atoms with van der Waals surface area (Å²) in [6, 6.07) is 5.08. The van der Waals surface area contributed by atoms with Crippen LogP contribution < -0.4 is 5.32 Å². The SMILES string of the molecule is CNCC(=O)N1CCC(n2ncc(C(=O)N3CCCC3c3ccccc3C(F)(F)F)c2C2CC2)CC1.Cl. The van der Waals surface area contributed by atoms with Crippen LogP contribution in [-0.4, -0.2) is 64.6 Å². The highest BCUT2D eigenvalue weighted by molar-refractivity contribution is 5.96. The lowest BCUT2D eigenvalue weighted by Crippen LogP contribution is -2.43. The Labute approximate surface area is 220 Å². The predicted molar refractivity (Wildman–Crippen MR) is 135 cm³/mol. The second-order valence-electron chi connectivity index (χ2n) is 10.0. The van der Waals surface area contributed by atoms with E-state index in [9.17, 15) is 22.8 Å². The van der Waals surface area contributed by atoms with Gasteiger partial charge in [0.25, 0.3) is 5.91 Å². The van der Waals surface area contributed by atoms with Crippen LogP contribution in [0.4, 0.5) is 13.2 Å². The van der Waals surface area contributed by atoms with Crippen LogP contribution in [0, 0.1) is 0 Å². The van der Waals surface area contributed by atoms with Crippen molar-refractivity contribution in [1.29, 1.82) is 0 Å². The molecule has 2 saturated heterocycles. The molecular formula is C26H33ClF3N5O2. The average Bonchev–Trinajstić information content (AvgIpc) is 3.41. The summed E-state index contributed by atoms with van der Waals surface area (Å²) in [5, 5.41) is 7.52. The van der Waals surface area contributed by atoms with Crippen molar-refractivity contribution in [3.63, 3.8) is 0 Å². The normalized spacial score (nSPS) is 20.7. The molecule has 1 saturated carbocycles. The minimum absolute atomic E-state index is 0. The first-order valence-corrected chi connectivity index (χ1v) is 12.8. The molecule has 3 heterocycles. The minimum atomic E-state index is -4.47. The molecule has 5 rings (SSSR count). The van der Waals surface area contributed by atoms with Crippen LogP contribution in [0.3, 0.4) is 0 Å². The fourth-order valence-corrected chi connectivity index (χ4v) is 5.75. The van der Waals surface area contributed by atoms with Crippen molar-refractivity contribution in [2.75, 3.05) is 33.2 Å². The zero-order valence-electron chi connectivity index (χ0n) is 20.8. The van der Waals surface area contributed by atoms with Gasteiger partial charge in [-0.25, -0.2) is 0 Å². The van der Waals surface area contributed by atoms with Crippen molar-refractivity contribution in [2.45, 2.75) is 62.7 Å². The highest BCUT2D eigenvalue weighted by Gasteiger charge is 2.41. The molecule has 1 unspecified atom stereocenters. The number of carbonyl (C=O) groups is 2. The zero-order valence-corrected chi connectivity index (χ0v) is 21.7. The number of likely N-dealkylation sites (N-methyl/N-ethyl adjacent to an activating group) is 1. The van der Waals surface area contributed by atoms with Gasteiger partial charge in [0, 0.05) is 25.6 Å². The molecule has 1 atom stereocenters. The van der Waals surface area contributed by atoms with E-state index in [0.717, 1.165) is 37.4 Å². The van der Waals surface area contributed by atoms with Crippen molar-refractivity contribution in [1.82, 2.24) is 24.9 Å². The first-order chi connectivity index (χ1) is 17.3. The van der Waals surface area contributed by atoms with E-state index in [2.05, 4.69) is 10.4 Å². The number of amides is 2. The molecule has 11 heteroatoms. The Morgan fingerprint density at radius 2 is 1.76 bits per heavy atom. The van der Waals surface area contributed by atoms with Crippen LogP contribution in [-0.2, 0) is 11.0 Å². The van der Waals surface area contributed by atoms with Crippen molar-refractivity contribution < 1.29 is 22.8 Å². The van der Waals surface area contributed by atoms with Gasteiger partial charge in [0.2, 0.25) is 5.91 Å². The van der Waals surface area contributed by atoms with E-state index in [-0.39, 0.29) is 41.7 Å². The molecule has 0 spiro atoms. The van der Waals surface area contributed by atoms with Gasteiger partial charge in [0.05, 0.1) is 41.6 Å². The van der Waals surface area contributed by atoms with Gasteiger partial charge in [-0.05, 0) is 57.2 Å². The van der Waals surface area contributed by atoms with Gasteiger partial charge in [-0.2, -0.15) is 18.3 Å². The lowest BCUT2D eigenvalue weighted by Gasteiger charge is -2.33. The van der Waals surface area contributed by atoms with Crippen LogP contribution in [0.15, 0.2) is 30.5 Å². The quantitative estimate of drug-likeness (QED) is 0.584. The summed E-state index contributed by atoms with van der Waals surface area (Å²) in [7, 11) is 1.75. The Balaban J connectivity index is 0.00000320. The number of benzene rings is 1. The van der Waals surface area contributed by atoms with Crippen LogP contribution >= 0.6 is 12.4 Å². The number of halogens is 4. The summed E-state index contributed by atoms with van der Waals surface area (Å²) >= 11 is 0. The average molecular weight is 540 g/mol. The molecule has 1 aliphatic carbocycles. The lowest BCUT2D eigenvalue weighted by molar-refractivity contribution is -0.138. The van der Waals surface area contributed by atoms with E-state index in [1.54, 1.807) is 24.2 Å². The number of nitrogens with one attached hydrogen (secondary N) is 1. The lowest BCUT2D eigenvalue weighted by atomic mass is 9.97. The highest BCUT2D eigenvalue weighted by Crippen LogP contribution is 2.45. The zero-order chi connectivity index (χ0) is 25.4. The smallest absolute Gasteiger partial charge is 0.341 e. The first-order valence-electron chi connectivity index (χ1n) is 12.8. The number of hydrogen-bond donors (Lipinski definition) is 1. The van der Waals surface area contributed by atoms with Crippen molar-refractivity contribution in [3.05, 3.63) is 52.8 Å². The van der Waals surface area contributed by atoms with Crippen LogP contribution in [0.2, 0.25) is 0 Å². The number of alkyl halides is 3. The maximum atomic E-state index is 13.8. The number of hydrogen-bond acceptors (Lipinski definition) is 4. The Morgan fingerprint density at radius 3 is 2.41 bits per heavy atom. The summed E-state index contributed by atoms with van der Waals surface area (Å²) in [5.41, 5.74) is 0.916. The maximum Gasteiger partial charge on any atom is 0.416 e. The molecule has 37 heavy (non-hydrogen) atoms. The standard InChI is InChI=1S/C26H32F3N5O2.ClH/c1-30-16-23(35)32-13-10-18(11-14-32)34-24(17-8-9-17)20(15-31-34)25(36)33-12-4-7-22(33)19-5-2-3-6-21(19)26(27,28)29;/h2-3,5-6,15,17-18,22,30H,4,7-14,16H2,1H3;1H. The third-order valence-corrected chi connectivity index (χ3v) is 7.66. The summed E-state index contributed by atoms with van der Waals surface area (Å²) < 4.78 is 43.1. The van der Waals surface area contributed by atoms with Crippen LogP contribution in [0.1, 0.15) is 83.7 Å². The van der Waals surface area contributed by atoms with Gasteiger partial charge in [-0.3, -0.25) is 14.3 Å². The monoisotopic (exact) mass is 539 g/mol. The molecule has 3 aliphatic rings. The van der Waals surface area contributed by atoms with Gasteiger partial charge in [-0.15, -0.1) is 12.4 Å². The molecule has 2 aromatic rings. The van der Waals surface area contributed by atoms with Crippen LogP contribution in [0.5, 0.6) is 0 Å². The Hall–Kier alpha value is -2.59. The fraction of sp³-hybridized carbons (Fsp3) is 0.577. The second kappa shape index (κ2) is 11.0. The Kier molecular flexibility index (Phi) is 8.18. The summed E-state index contributed by atoms with van der Waals surface area (Å²) in [6.45, 7) is 2.02. The molecule has 1 N–H and O–H groups in total. The molecule has 3 fully saturated rings. The fourth-order valence-electron chi connectivity index (χ4n) is 5.75. The van der Waals surface area contributed by atoms with Gasteiger partial charge in [-0.1, -0.05) is 18.2 Å². The molecule has 2 aliphatic heterocycles. The van der Waals surface area contributed by atoms with Crippen molar-refractivity contribution in [3.8, 4) is 0 Å². The maximum absolute atomic E-state index is 13.8. The largest absolute Gasteiger partial charge is 0.416 e. The first kappa shape index (κ1) is 27.4. The van der Waals surface area contributed by atoms with E-state index in [4.69, 9.17) is 0 Å². The van der Waals surface area contributed by atoms with Gasteiger partial charge >= 0.3 is 6.18 Å². The molecule has 0 bridgehead atoms. The summed E-state index contributed by atoms with van der Waals surface area (Å²) in [5.74, 6) is 0.0945. The van der Waals surface area contributed by atoms with Crippen molar-refractivity contribution >= 4 is 24.2 Å².